The van der Waals surface area contributed by atoms with Gasteiger partial charge in [0.2, 0.25) is 0 Å². The summed E-state index contributed by atoms with van der Waals surface area (Å²) in [6.45, 7) is 2.20. The first-order chi connectivity index (χ1) is 22.2. The molecule has 0 fully saturated rings. The second kappa shape index (κ2) is 12.6. The minimum Gasteiger partial charge on any atom is -0.455 e. The first kappa shape index (κ1) is 29.4. The molecule has 0 saturated heterocycles. The van der Waals surface area contributed by atoms with Crippen LogP contribution in [0.1, 0.15) is 5.56 Å². The Balaban J connectivity index is 0.000000220. The van der Waals surface area contributed by atoms with Gasteiger partial charge < -0.3 is 19.7 Å². The summed E-state index contributed by atoms with van der Waals surface area (Å²) in [4.78, 5) is 8.74. The minimum atomic E-state index is 0. The molecule has 2 bridgehead atoms. The van der Waals surface area contributed by atoms with E-state index in [0.717, 1.165) is 67.0 Å². The molecule has 0 saturated carbocycles. The van der Waals surface area contributed by atoms with Gasteiger partial charge in [-0.15, -0.1) is 59.7 Å². The fourth-order valence-corrected chi connectivity index (χ4v) is 6.07. The van der Waals surface area contributed by atoms with Gasteiger partial charge in [0.25, 0.3) is 0 Å². The zero-order valence-electron chi connectivity index (χ0n) is 24.9. The van der Waals surface area contributed by atoms with Crippen molar-refractivity contribution in [2.45, 2.75) is 6.92 Å². The van der Waals surface area contributed by atoms with Crippen molar-refractivity contribution in [2.24, 2.45) is 0 Å². The van der Waals surface area contributed by atoms with E-state index in [-0.39, 0.29) is 20.1 Å². The second-order valence-corrected chi connectivity index (χ2v) is 10.9. The van der Waals surface area contributed by atoms with Crippen molar-refractivity contribution in [2.75, 3.05) is 5.32 Å². The Morgan fingerprint density at radius 3 is 2.11 bits per heavy atom. The van der Waals surface area contributed by atoms with E-state index in [2.05, 4.69) is 82.9 Å². The maximum absolute atomic E-state index is 6.41. The van der Waals surface area contributed by atoms with Gasteiger partial charge in [0.1, 0.15) is 11.2 Å². The van der Waals surface area contributed by atoms with Crippen LogP contribution in [-0.2, 0) is 20.1 Å². The zero-order chi connectivity index (χ0) is 30.2. The molecule has 0 unspecified atom stereocenters. The molecular weight excluding hydrogens is 743 g/mol. The topological polar surface area (TPSA) is 51.0 Å². The molecule has 5 aromatic carbocycles. The van der Waals surface area contributed by atoms with Gasteiger partial charge in [0.15, 0.2) is 0 Å². The summed E-state index contributed by atoms with van der Waals surface area (Å²) in [7, 11) is 0. The molecule has 3 aromatic heterocycles. The molecule has 8 aromatic rings. The Morgan fingerprint density at radius 2 is 1.35 bits per heavy atom. The van der Waals surface area contributed by atoms with Crippen molar-refractivity contribution >= 4 is 33.3 Å². The Kier molecular flexibility index (Phi) is 8.02. The van der Waals surface area contributed by atoms with E-state index in [9.17, 15) is 0 Å². The van der Waals surface area contributed by atoms with Gasteiger partial charge in [-0.2, -0.15) is 0 Å². The van der Waals surface area contributed by atoms with Crippen LogP contribution >= 0.6 is 0 Å². The van der Waals surface area contributed by atoms with Gasteiger partial charge in [0, 0.05) is 54.5 Å². The van der Waals surface area contributed by atoms with E-state index in [1.54, 1.807) is 6.20 Å². The number of benzene rings is 5. The van der Waals surface area contributed by atoms with Crippen LogP contribution in [-0.4, -0.2) is 9.97 Å². The molecule has 4 nitrogen and oxygen atoms in total. The molecule has 1 N–H and O–H groups in total. The third kappa shape index (κ3) is 5.30. The number of rotatable bonds is 2. The third-order valence-electron chi connectivity index (χ3n) is 8.25. The normalized spacial score (nSPS) is 11.2. The van der Waals surface area contributed by atoms with Gasteiger partial charge >= 0.3 is 0 Å². The van der Waals surface area contributed by atoms with Crippen LogP contribution < -0.4 is 5.32 Å². The van der Waals surface area contributed by atoms with Crippen LogP contribution in [0, 0.1) is 19.1 Å². The van der Waals surface area contributed by atoms with Crippen molar-refractivity contribution in [3.05, 3.63) is 157 Å². The van der Waals surface area contributed by atoms with Gasteiger partial charge in [0.05, 0.1) is 0 Å². The Morgan fingerprint density at radius 1 is 0.609 bits per heavy atom. The monoisotopic (exact) mass is 770 g/mol. The Labute approximate surface area is 281 Å². The molecule has 0 aliphatic carbocycles. The predicted molar refractivity (Wildman–Crippen MR) is 183 cm³/mol. The summed E-state index contributed by atoms with van der Waals surface area (Å²) in [5.74, 6) is 0. The second-order valence-electron chi connectivity index (χ2n) is 10.9. The van der Waals surface area contributed by atoms with Crippen LogP contribution in [0.25, 0.3) is 66.7 Å². The van der Waals surface area contributed by atoms with Gasteiger partial charge in [-0.3, -0.25) is 0 Å². The standard InChI is InChI=1S/C30H19N2O.C11H8N.Ir/c1-18-20-8-6-9-21(18)29-27(15-13-23-22-7-2-3-11-28(22)33-30(23)29)32-26-14-12-19(17-24(20)26)25-10-4-5-16-31-25;1-2-6-10(7-3-1)11-8-4-5-9-12-11;/h2-11,13-17,32H,1H3;1-6,8-9H;/q2*-1;. The zero-order valence-corrected chi connectivity index (χ0v) is 27.3. The first-order valence-electron chi connectivity index (χ1n) is 14.9. The quantitative estimate of drug-likeness (QED) is 0.178. The molecule has 0 amide bonds. The number of nitrogens with zero attached hydrogens (tertiary/aromatic N) is 2. The Hall–Kier alpha value is -5.35. The van der Waals surface area contributed by atoms with Crippen LogP contribution in [0.5, 0.6) is 0 Å². The van der Waals surface area contributed by atoms with Crippen molar-refractivity contribution in [1.29, 1.82) is 0 Å². The number of aromatic nitrogens is 2. The first-order valence-corrected chi connectivity index (χ1v) is 14.9. The summed E-state index contributed by atoms with van der Waals surface area (Å²) in [5, 5.41) is 5.96. The van der Waals surface area contributed by atoms with Crippen LogP contribution in [0.4, 0.5) is 11.4 Å². The molecule has 223 valence electrons. The molecule has 0 spiro atoms. The van der Waals surface area contributed by atoms with Gasteiger partial charge in [-0.1, -0.05) is 66.2 Å². The van der Waals surface area contributed by atoms with Crippen LogP contribution in [0.15, 0.2) is 144 Å². The number of hydrogen-bond donors (Lipinski definition) is 1. The summed E-state index contributed by atoms with van der Waals surface area (Å²) in [6, 6.07) is 49.5. The predicted octanol–water partition coefficient (Wildman–Crippen LogP) is 10.7. The fourth-order valence-electron chi connectivity index (χ4n) is 6.07. The van der Waals surface area contributed by atoms with Crippen LogP contribution in [0.3, 0.4) is 0 Å². The Bertz CT molecular complexity index is 2260. The average Bonchev–Trinajstić information content (AvgIpc) is 3.49. The molecule has 1 radical (unpaired) electrons. The number of furan rings is 1. The maximum Gasteiger partial charge on any atom is 0.145 e. The summed E-state index contributed by atoms with van der Waals surface area (Å²) in [5.41, 5.74) is 13.6. The van der Waals surface area contributed by atoms with Gasteiger partial charge in [-0.05, 0) is 71.0 Å². The molecule has 5 heteroatoms. The summed E-state index contributed by atoms with van der Waals surface area (Å²) < 4.78 is 6.41. The summed E-state index contributed by atoms with van der Waals surface area (Å²) in [6.07, 6.45) is 3.61. The molecule has 1 aliphatic heterocycles. The molecular formula is C41H27IrN3O-2. The van der Waals surface area contributed by atoms with Crippen molar-refractivity contribution in [3.63, 3.8) is 0 Å². The third-order valence-corrected chi connectivity index (χ3v) is 8.25. The number of nitrogens with one attached hydrogen (secondary N) is 1. The van der Waals surface area contributed by atoms with Crippen molar-refractivity contribution < 1.29 is 24.5 Å². The average molecular weight is 770 g/mol. The van der Waals surface area contributed by atoms with Gasteiger partial charge in [-0.25, -0.2) is 0 Å². The van der Waals surface area contributed by atoms with Crippen LogP contribution in [0.2, 0.25) is 0 Å². The van der Waals surface area contributed by atoms with E-state index in [4.69, 9.17) is 4.42 Å². The number of fused-ring (bicyclic) bond motifs is 10. The number of hydrogen-bond acceptors (Lipinski definition) is 4. The molecule has 9 rings (SSSR count). The molecule has 4 heterocycles. The SMILES string of the molecule is Cc1c2cccc1-c1c(ccc3c1oc1ccccc13)Nc1c[c-]c(-c3ccccn3)cc1-2.[Ir].[c-]1ccccc1-c1ccccn1. The smallest absolute Gasteiger partial charge is 0.145 e. The molecule has 0 atom stereocenters. The van der Waals surface area contributed by atoms with Crippen molar-refractivity contribution in [3.8, 4) is 44.8 Å². The number of pyridine rings is 2. The number of anilines is 2. The van der Waals surface area contributed by atoms with E-state index in [1.165, 1.54) is 16.7 Å². The van der Waals surface area contributed by atoms with E-state index < -0.39 is 0 Å². The van der Waals surface area contributed by atoms with E-state index >= 15 is 0 Å². The number of para-hydroxylation sites is 1. The minimum absolute atomic E-state index is 0. The van der Waals surface area contributed by atoms with E-state index in [1.807, 2.05) is 85.1 Å². The fraction of sp³-hybridized carbons (Fsp3) is 0.0244. The van der Waals surface area contributed by atoms with Crippen molar-refractivity contribution in [1.82, 2.24) is 9.97 Å². The van der Waals surface area contributed by atoms with E-state index in [0.29, 0.717) is 0 Å². The summed E-state index contributed by atoms with van der Waals surface area (Å²) >= 11 is 0. The molecule has 1 aliphatic rings. The maximum atomic E-state index is 6.41. The largest absolute Gasteiger partial charge is 0.455 e. The molecule has 46 heavy (non-hydrogen) atoms.